The normalized spacial score (nSPS) is 11.3. The number of nitrogens with one attached hydrogen (secondary N) is 1. The van der Waals surface area contributed by atoms with Gasteiger partial charge < -0.3 is 4.98 Å². The first-order valence-corrected chi connectivity index (χ1v) is 9.21. The number of rotatable bonds is 5. The van der Waals surface area contributed by atoms with Crippen LogP contribution in [0.1, 0.15) is 25.1 Å². The molecule has 3 aromatic heterocycles. The van der Waals surface area contributed by atoms with Crippen molar-refractivity contribution in [2.75, 3.05) is 13.1 Å². The quantitative estimate of drug-likeness (QED) is 0.573. The molecule has 134 valence electrons. The molecule has 0 unspecified atom stereocenters. The molecule has 5 nitrogen and oxygen atoms in total. The van der Waals surface area contributed by atoms with Crippen molar-refractivity contribution < 1.29 is 0 Å². The fourth-order valence-electron chi connectivity index (χ4n) is 3.40. The molecule has 27 heavy (non-hydrogen) atoms. The van der Waals surface area contributed by atoms with Gasteiger partial charge in [-0.2, -0.15) is 5.26 Å². The molecule has 1 N–H and O–H groups in total. The molecule has 0 amide bonds. The second-order valence-electron chi connectivity index (χ2n) is 6.63. The van der Waals surface area contributed by atoms with Gasteiger partial charge in [0.2, 0.25) is 0 Å². The number of nitrogens with zero attached hydrogens (tertiary/aromatic N) is 4. The summed E-state index contributed by atoms with van der Waals surface area (Å²) in [6.45, 7) is 7.45. The first-order chi connectivity index (χ1) is 13.2. The highest BCUT2D eigenvalue weighted by atomic mass is 15.1. The number of hydrogen-bond donors (Lipinski definition) is 1. The van der Waals surface area contributed by atoms with Crippen LogP contribution in [-0.2, 0) is 6.54 Å². The van der Waals surface area contributed by atoms with Gasteiger partial charge in [0.25, 0.3) is 0 Å². The maximum atomic E-state index is 9.12. The zero-order chi connectivity index (χ0) is 18.8. The number of pyridine rings is 2. The fraction of sp³-hybridized carbons (Fsp3) is 0.227. The second-order valence-corrected chi connectivity index (χ2v) is 6.63. The Labute approximate surface area is 158 Å². The highest BCUT2D eigenvalue weighted by molar-refractivity contribution is 6.06. The van der Waals surface area contributed by atoms with Crippen LogP contribution in [0, 0.1) is 11.3 Å². The van der Waals surface area contributed by atoms with Crippen LogP contribution in [-0.4, -0.2) is 32.9 Å². The van der Waals surface area contributed by atoms with E-state index in [1.54, 1.807) is 6.20 Å². The van der Waals surface area contributed by atoms with Gasteiger partial charge in [0.1, 0.15) is 17.4 Å². The molecule has 1 aromatic carbocycles. The molecule has 0 radical (unpaired) electrons. The topological polar surface area (TPSA) is 68.6 Å². The summed E-state index contributed by atoms with van der Waals surface area (Å²) in [5, 5.41) is 11.1. The fourth-order valence-corrected chi connectivity index (χ4v) is 3.40. The van der Waals surface area contributed by atoms with Crippen molar-refractivity contribution in [3.8, 4) is 17.2 Å². The lowest BCUT2D eigenvalue weighted by Crippen LogP contribution is -2.21. The summed E-state index contributed by atoms with van der Waals surface area (Å²) in [6.07, 6.45) is 3.58. The van der Waals surface area contributed by atoms with E-state index in [0.717, 1.165) is 52.7 Å². The monoisotopic (exact) mass is 355 g/mol. The lowest BCUT2D eigenvalue weighted by Gasteiger charge is -2.18. The standard InChI is InChI=1S/C22H21N5/c1-3-27(4-2)14-15-5-7-16(8-6-15)17-9-20-19-10-18(11-23)24-13-21(19)26-22(20)25-12-17/h5-10,12-13H,3-4,14H2,1-2H3,(H,25,26). The van der Waals surface area contributed by atoms with E-state index < -0.39 is 0 Å². The number of hydrogen-bond acceptors (Lipinski definition) is 4. The molecule has 0 fully saturated rings. The van der Waals surface area contributed by atoms with Crippen molar-refractivity contribution in [1.29, 1.82) is 5.26 Å². The number of aromatic amines is 1. The first kappa shape index (κ1) is 17.2. The maximum absolute atomic E-state index is 9.12. The Hall–Kier alpha value is -3.23. The SMILES string of the molecule is CCN(CC)Cc1ccc(-c2cnc3[nH]c4cnc(C#N)cc4c3c2)cc1. The number of benzene rings is 1. The van der Waals surface area contributed by atoms with Gasteiger partial charge in [-0.15, -0.1) is 0 Å². The summed E-state index contributed by atoms with van der Waals surface area (Å²) >= 11 is 0. The van der Waals surface area contributed by atoms with Gasteiger partial charge in [-0.1, -0.05) is 38.1 Å². The minimum Gasteiger partial charge on any atom is -0.338 e. The first-order valence-electron chi connectivity index (χ1n) is 9.21. The van der Waals surface area contributed by atoms with Crippen LogP contribution in [0.4, 0.5) is 0 Å². The molecule has 0 saturated carbocycles. The Morgan fingerprint density at radius 1 is 0.963 bits per heavy atom. The predicted octanol–water partition coefficient (Wildman–Crippen LogP) is 4.49. The van der Waals surface area contributed by atoms with Gasteiger partial charge in [-0.3, -0.25) is 4.90 Å². The minimum absolute atomic E-state index is 0.412. The summed E-state index contributed by atoms with van der Waals surface area (Å²) in [6, 6.07) is 14.7. The van der Waals surface area contributed by atoms with Crippen molar-refractivity contribution >= 4 is 21.9 Å². The molecule has 4 aromatic rings. The van der Waals surface area contributed by atoms with E-state index in [2.05, 4.69) is 70.1 Å². The molecule has 4 rings (SSSR count). The van der Waals surface area contributed by atoms with E-state index in [9.17, 15) is 0 Å². The number of H-pyrrole nitrogens is 1. The average Bonchev–Trinajstić information content (AvgIpc) is 3.09. The maximum Gasteiger partial charge on any atom is 0.141 e. The van der Waals surface area contributed by atoms with Gasteiger partial charge in [0.05, 0.1) is 11.7 Å². The predicted molar refractivity (Wildman–Crippen MR) is 108 cm³/mol. The summed E-state index contributed by atoms with van der Waals surface area (Å²) in [5.41, 5.74) is 5.62. The van der Waals surface area contributed by atoms with E-state index in [1.807, 2.05) is 12.3 Å². The van der Waals surface area contributed by atoms with Gasteiger partial charge in [0, 0.05) is 29.1 Å². The van der Waals surface area contributed by atoms with Crippen molar-refractivity contribution in [2.45, 2.75) is 20.4 Å². The van der Waals surface area contributed by atoms with Crippen molar-refractivity contribution in [3.05, 3.63) is 60.0 Å². The van der Waals surface area contributed by atoms with E-state index in [1.165, 1.54) is 5.56 Å². The van der Waals surface area contributed by atoms with Crippen LogP contribution in [0.2, 0.25) is 0 Å². The smallest absolute Gasteiger partial charge is 0.141 e. The van der Waals surface area contributed by atoms with Crippen LogP contribution in [0.5, 0.6) is 0 Å². The van der Waals surface area contributed by atoms with E-state index in [-0.39, 0.29) is 0 Å². The van der Waals surface area contributed by atoms with Gasteiger partial charge in [-0.05, 0) is 36.3 Å². The van der Waals surface area contributed by atoms with Crippen molar-refractivity contribution in [3.63, 3.8) is 0 Å². The van der Waals surface area contributed by atoms with Gasteiger partial charge in [-0.25, -0.2) is 9.97 Å². The molecule has 0 bridgehead atoms. The molecular weight excluding hydrogens is 334 g/mol. The summed E-state index contributed by atoms with van der Waals surface area (Å²) in [4.78, 5) is 14.4. The van der Waals surface area contributed by atoms with Crippen LogP contribution < -0.4 is 0 Å². The van der Waals surface area contributed by atoms with Crippen LogP contribution >= 0.6 is 0 Å². The number of fused-ring (bicyclic) bond motifs is 3. The third-order valence-electron chi connectivity index (χ3n) is 5.04. The van der Waals surface area contributed by atoms with Crippen LogP contribution in [0.25, 0.3) is 33.1 Å². The Balaban J connectivity index is 1.71. The summed E-state index contributed by atoms with van der Waals surface area (Å²) in [7, 11) is 0. The summed E-state index contributed by atoms with van der Waals surface area (Å²) in [5.74, 6) is 0. The average molecular weight is 355 g/mol. The second kappa shape index (κ2) is 7.18. The highest BCUT2D eigenvalue weighted by Crippen LogP contribution is 2.28. The Morgan fingerprint density at radius 3 is 2.44 bits per heavy atom. The molecule has 0 saturated heterocycles. The van der Waals surface area contributed by atoms with Crippen molar-refractivity contribution in [2.24, 2.45) is 0 Å². The molecule has 0 spiro atoms. The zero-order valence-corrected chi connectivity index (χ0v) is 15.5. The molecule has 0 atom stereocenters. The van der Waals surface area contributed by atoms with Gasteiger partial charge in [0.15, 0.2) is 0 Å². The van der Waals surface area contributed by atoms with Crippen LogP contribution in [0.3, 0.4) is 0 Å². The Morgan fingerprint density at radius 2 is 1.74 bits per heavy atom. The molecule has 0 aliphatic carbocycles. The molecular formula is C22H21N5. The third-order valence-corrected chi connectivity index (χ3v) is 5.04. The molecule has 0 aliphatic rings. The highest BCUT2D eigenvalue weighted by Gasteiger charge is 2.09. The zero-order valence-electron chi connectivity index (χ0n) is 15.5. The molecule has 3 heterocycles. The molecule has 0 aliphatic heterocycles. The minimum atomic E-state index is 0.412. The van der Waals surface area contributed by atoms with E-state index in [0.29, 0.717) is 5.69 Å². The largest absolute Gasteiger partial charge is 0.338 e. The molecule has 5 heteroatoms. The third kappa shape index (κ3) is 3.27. The Kier molecular flexibility index (Phi) is 4.57. The lowest BCUT2D eigenvalue weighted by molar-refractivity contribution is 0.296. The van der Waals surface area contributed by atoms with E-state index >= 15 is 0 Å². The summed E-state index contributed by atoms with van der Waals surface area (Å²) < 4.78 is 0. The number of nitriles is 1. The lowest BCUT2D eigenvalue weighted by atomic mass is 10.0. The van der Waals surface area contributed by atoms with Crippen LogP contribution in [0.15, 0.2) is 48.8 Å². The van der Waals surface area contributed by atoms with Crippen molar-refractivity contribution in [1.82, 2.24) is 19.9 Å². The number of aromatic nitrogens is 3. The van der Waals surface area contributed by atoms with Gasteiger partial charge >= 0.3 is 0 Å². The Bertz CT molecular complexity index is 1130. The van der Waals surface area contributed by atoms with E-state index in [4.69, 9.17) is 5.26 Å².